The molecule has 1 rings (SSSR count). The lowest BCUT2D eigenvalue weighted by Gasteiger charge is -2.31. The van der Waals surface area contributed by atoms with Crippen molar-refractivity contribution in [3.8, 4) is 5.75 Å². The van der Waals surface area contributed by atoms with Crippen LogP contribution in [0.25, 0.3) is 0 Å². The summed E-state index contributed by atoms with van der Waals surface area (Å²) in [6.45, 7) is 4.33. The third kappa shape index (κ3) is 6.24. The van der Waals surface area contributed by atoms with Crippen molar-refractivity contribution >= 4 is 21.9 Å². The van der Waals surface area contributed by atoms with E-state index < -0.39 is 50.8 Å². The van der Waals surface area contributed by atoms with Gasteiger partial charge < -0.3 is 9.47 Å². The minimum Gasteiger partial charge on any atom is -0.490 e. The molecule has 36 heavy (non-hydrogen) atoms. The van der Waals surface area contributed by atoms with Crippen molar-refractivity contribution in [3.05, 3.63) is 46.9 Å². The number of nitrogens with zero attached hydrogens (tertiary/aromatic N) is 2. The van der Waals surface area contributed by atoms with Gasteiger partial charge in [0.05, 0.1) is 0 Å². The average Bonchev–Trinajstić information content (AvgIpc) is 2.76. The lowest BCUT2D eigenvalue weighted by Crippen LogP contribution is -2.63. The molecule has 0 unspecified atom stereocenters. The molecular weight excluding hydrogens is 547 g/mol. The smallest absolute Gasteiger partial charge is 0.460 e. The van der Waals surface area contributed by atoms with Crippen molar-refractivity contribution in [2.24, 2.45) is 10.3 Å². The third-order valence-corrected chi connectivity index (χ3v) is 4.94. The van der Waals surface area contributed by atoms with Gasteiger partial charge in [0.1, 0.15) is 19.0 Å². The number of hydrogen-bond acceptors (Lipinski definition) is 8. The molecule has 0 bridgehead atoms. The predicted octanol–water partition coefficient (Wildman–Crippen LogP) is 4.38. The Kier molecular flexibility index (Phi) is 9.12. The molecule has 0 amide bonds. The first-order valence-electron chi connectivity index (χ1n) is 8.83. The van der Waals surface area contributed by atoms with Gasteiger partial charge in [-0.2, -0.15) is 47.9 Å². The molecule has 0 spiro atoms. The molecule has 1 aromatic rings. The molecule has 19 heteroatoms. The van der Waals surface area contributed by atoms with Crippen LogP contribution in [0.2, 0.25) is 0 Å². The summed E-state index contributed by atoms with van der Waals surface area (Å²) in [6, 6.07) is 3.88. The van der Waals surface area contributed by atoms with Crippen LogP contribution in [0, 0.1) is 4.91 Å². The second kappa shape index (κ2) is 10.7. The highest BCUT2D eigenvalue weighted by atomic mass is 32.2. The summed E-state index contributed by atoms with van der Waals surface area (Å²) < 4.78 is 151. The topological polar surface area (TPSA) is 121 Å². The van der Waals surface area contributed by atoms with E-state index in [4.69, 9.17) is 9.47 Å². The van der Waals surface area contributed by atoms with Crippen molar-refractivity contribution in [1.82, 2.24) is 0 Å². The van der Waals surface area contributed by atoms with Crippen LogP contribution < -0.4 is 4.74 Å². The normalized spacial score (nSPS) is 13.7. The van der Waals surface area contributed by atoms with Crippen LogP contribution in [-0.2, 0) is 23.9 Å². The van der Waals surface area contributed by atoms with Crippen molar-refractivity contribution in [3.63, 3.8) is 0 Å². The number of carbonyl (C=O) groups is 1. The number of oxime groups is 1. The number of halogens is 9. The van der Waals surface area contributed by atoms with Crippen LogP contribution >= 0.6 is 0 Å². The van der Waals surface area contributed by atoms with Gasteiger partial charge in [0.15, 0.2) is 0 Å². The molecule has 1 aromatic carbocycles. The molecule has 0 aromatic heterocycles. The van der Waals surface area contributed by atoms with E-state index in [1.54, 1.807) is 0 Å². The molecule has 0 aliphatic carbocycles. The SMILES string of the molecule is C=C(C)C(=O)OCCOc1ccc(/C(N=O)=N/OS(=O)(=O)C(F)(F)C(F)(F)C(F)(F)C(F)(F)F)cc1. The van der Waals surface area contributed by atoms with Gasteiger partial charge in [-0.3, -0.25) is 4.28 Å². The van der Waals surface area contributed by atoms with Crippen LogP contribution in [-0.4, -0.2) is 56.7 Å². The number of hydrogen-bond donors (Lipinski definition) is 0. The van der Waals surface area contributed by atoms with Crippen molar-refractivity contribution < 1.29 is 66.5 Å². The Hall–Kier alpha value is -3.38. The molecule has 0 aliphatic rings. The van der Waals surface area contributed by atoms with Gasteiger partial charge in [-0.25, -0.2) is 4.79 Å². The maximum Gasteiger partial charge on any atom is 0.460 e. The van der Waals surface area contributed by atoms with E-state index >= 15 is 0 Å². The van der Waals surface area contributed by atoms with E-state index in [9.17, 15) is 57.6 Å². The first-order chi connectivity index (χ1) is 16.2. The molecule has 9 nitrogen and oxygen atoms in total. The Morgan fingerprint density at radius 1 is 0.944 bits per heavy atom. The van der Waals surface area contributed by atoms with Crippen molar-refractivity contribution in [2.45, 2.75) is 30.2 Å². The maximum absolute atomic E-state index is 13.6. The number of esters is 1. The van der Waals surface area contributed by atoms with Crippen molar-refractivity contribution in [1.29, 1.82) is 0 Å². The number of amidine groups is 1. The van der Waals surface area contributed by atoms with Gasteiger partial charge in [0.2, 0.25) is 5.84 Å². The molecule has 0 aliphatic heterocycles. The molecular formula is C17H13F9N2O7S. The summed E-state index contributed by atoms with van der Waals surface area (Å²) in [5.41, 5.74) is -0.399. The lowest BCUT2D eigenvalue weighted by molar-refractivity contribution is -0.382. The monoisotopic (exact) mass is 560 g/mol. The standard InChI is InChI=1S/C17H13F9N2O7S/c1-9(2)13(29)34-8-7-33-11-5-3-10(4-6-11)12(27-30)28-35-36(31,32)17(25,26)15(20,21)14(18,19)16(22,23)24/h3-6H,1,7-8H2,2H3/b28-12-. The van der Waals surface area contributed by atoms with E-state index in [-0.39, 0.29) is 24.5 Å². The Bertz CT molecular complexity index is 1120. The van der Waals surface area contributed by atoms with Crippen LogP contribution in [0.4, 0.5) is 39.5 Å². The van der Waals surface area contributed by atoms with Gasteiger partial charge in [-0.05, 0) is 41.5 Å². The molecule has 202 valence electrons. The number of carbonyl (C=O) groups excluding carboxylic acids is 1. The zero-order valence-corrected chi connectivity index (χ0v) is 18.3. The van der Waals surface area contributed by atoms with Crippen LogP contribution in [0.1, 0.15) is 12.5 Å². The van der Waals surface area contributed by atoms with E-state index in [0.29, 0.717) is 0 Å². The first-order valence-corrected chi connectivity index (χ1v) is 10.2. The fraction of sp³-hybridized carbons (Fsp3) is 0.412. The summed E-state index contributed by atoms with van der Waals surface area (Å²) >= 11 is 0. The highest BCUT2D eigenvalue weighted by Gasteiger charge is 2.86. The van der Waals surface area contributed by atoms with Gasteiger partial charge in [-0.15, -0.1) is 4.91 Å². The largest absolute Gasteiger partial charge is 0.490 e. The summed E-state index contributed by atoms with van der Waals surface area (Å²) in [4.78, 5) is 22.0. The van der Waals surface area contributed by atoms with Gasteiger partial charge in [0.25, 0.3) is 0 Å². The van der Waals surface area contributed by atoms with E-state index in [1.807, 2.05) is 0 Å². The Morgan fingerprint density at radius 3 is 1.92 bits per heavy atom. The van der Waals surface area contributed by atoms with E-state index in [1.165, 1.54) is 6.92 Å². The van der Waals surface area contributed by atoms with Gasteiger partial charge in [0, 0.05) is 11.1 Å². The third-order valence-electron chi connectivity index (χ3n) is 3.78. The molecule has 0 fully saturated rings. The molecule has 0 heterocycles. The first kappa shape index (κ1) is 30.7. The molecule has 0 radical (unpaired) electrons. The fourth-order valence-electron chi connectivity index (χ4n) is 1.89. The number of ether oxygens (including phenoxy) is 2. The van der Waals surface area contributed by atoms with Crippen LogP contribution in [0.3, 0.4) is 0 Å². The molecule has 0 N–H and O–H groups in total. The Balaban J connectivity index is 3.03. The predicted molar refractivity (Wildman–Crippen MR) is 101 cm³/mol. The number of rotatable bonds is 11. The Morgan fingerprint density at radius 2 is 1.47 bits per heavy atom. The summed E-state index contributed by atoms with van der Waals surface area (Å²) in [5, 5.41) is -2.83. The summed E-state index contributed by atoms with van der Waals surface area (Å²) in [6.07, 6.45) is -7.27. The van der Waals surface area contributed by atoms with E-state index in [0.717, 1.165) is 24.3 Å². The highest BCUT2D eigenvalue weighted by Crippen LogP contribution is 2.54. The summed E-state index contributed by atoms with van der Waals surface area (Å²) in [5.74, 6) is -17.1. The quantitative estimate of drug-likeness (QED) is 0.0576. The van der Waals surface area contributed by atoms with Gasteiger partial charge >= 0.3 is 39.4 Å². The summed E-state index contributed by atoms with van der Waals surface area (Å²) in [7, 11) is -7.33. The number of nitroso groups, excluding NO2 is 1. The number of alkyl halides is 9. The zero-order chi connectivity index (χ0) is 28.2. The van der Waals surface area contributed by atoms with E-state index in [2.05, 4.69) is 21.2 Å². The molecule has 0 saturated heterocycles. The second-order valence-electron chi connectivity index (χ2n) is 6.49. The average molecular weight is 560 g/mol. The highest BCUT2D eigenvalue weighted by molar-refractivity contribution is 7.87. The molecule has 0 atom stereocenters. The van der Waals surface area contributed by atoms with Crippen LogP contribution in [0.5, 0.6) is 5.75 Å². The second-order valence-corrected chi connectivity index (χ2v) is 8.06. The van der Waals surface area contributed by atoms with Gasteiger partial charge in [-0.1, -0.05) is 6.58 Å². The number of benzene rings is 1. The minimum atomic E-state index is -7.54. The van der Waals surface area contributed by atoms with Crippen molar-refractivity contribution in [2.75, 3.05) is 13.2 Å². The molecule has 0 saturated carbocycles. The Labute approximate surface area is 195 Å². The lowest BCUT2D eigenvalue weighted by atomic mass is 10.1. The zero-order valence-electron chi connectivity index (χ0n) is 17.5. The maximum atomic E-state index is 13.6. The van der Waals surface area contributed by atoms with Crippen LogP contribution in [0.15, 0.2) is 46.8 Å². The fourth-order valence-corrected chi connectivity index (χ4v) is 2.59. The minimum absolute atomic E-state index is 0.0319.